The molecule has 4 rings (SSSR count). The molecule has 1 unspecified atom stereocenters. The first-order valence-electron chi connectivity index (χ1n) is 12.1. The highest BCUT2D eigenvalue weighted by molar-refractivity contribution is 7.52. The molecular weight excluding hydrogens is 553 g/mol. The Hall–Kier alpha value is -2.77. The first-order valence-corrected chi connectivity index (χ1v) is 14.0. The van der Waals surface area contributed by atoms with E-state index in [2.05, 4.69) is 15.2 Å². The minimum Gasteiger partial charge on any atom is -0.462 e. The molecule has 212 valence electrons. The average molecular weight is 584 g/mol. The quantitative estimate of drug-likeness (QED) is 0.203. The zero-order valence-electron chi connectivity index (χ0n) is 21.7. The first-order chi connectivity index (χ1) is 18.3. The lowest BCUT2D eigenvalue weighted by Gasteiger charge is -2.27. The van der Waals surface area contributed by atoms with Gasteiger partial charge in [-0.15, -0.1) is 0 Å². The number of nitrogens with one attached hydrogen (secondary N) is 1. The largest absolute Gasteiger partial charge is 0.462 e. The highest BCUT2D eigenvalue weighted by Crippen LogP contribution is 2.48. The molecule has 1 aliphatic heterocycles. The SMILES string of the molecule is CC(C)OC(=O)[C@H](C)NP(=O)(OC[C@H]1O[C@@H](c2ccc3c(N)ncnn23)[C@](C)(O)[C@@H]1O)Oc1ccc(Cl)cc1. The van der Waals surface area contributed by atoms with Crippen molar-refractivity contribution in [3.05, 3.63) is 53.4 Å². The van der Waals surface area contributed by atoms with Gasteiger partial charge in [0.05, 0.1) is 18.4 Å². The fourth-order valence-electron chi connectivity index (χ4n) is 4.11. The molecule has 1 aliphatic rings. The Balaban J connectivity index is 1.54. The van der Waals surface area contributed by atoms with Crippen LogP contribution in [0.15, 0.2) is 42.7 Å². The van der Waals surface area contributed by atoms with Gasteiger partial charge in [-0.1, -0.05) is 11.6 Å². The Kier molecular flexibility index (Phi) is 8.52. The number of anilines is 1. The Labute approximate surface area is 229 Å². The monoisotopic (exact) mass is 583 g/mol. The average Bonchev–Trinajstić information content (AvgIpc) is 3.38. The lowest BCUT2D eigenvalue weighted by molar-refractivity contribution is -0.149. The molecule has 39 heavy (non-hydrogen) atoms. The highest BCUT2D eigenvalue weighted by Gasteiger charge is 2.54. The molecule has 0 bridgehead atoms. The van der Waals surface area contributed by atoms with Gasteiger partial charge in [0, 0.05) is 5.02 Å². The number of hydrogen-bond acceptors (Lipinski definition) is 11. The van der Waals surface area contributed by atoms with Gasteiger partial charge in [0.15, 0.2) is 5.82 Å². The molecule has 1 saturated heterocycles. The van der Waals surface area contributed by atoms with Gasteiger partial charge in [-0.3, -0.25) is 9.32 Å². The van der Waals surface area contributed by atoms with Crippen LogP contribution in [0.4, 0.5) is 5.82 Å². The number of aliphatic hydroxyl groups is 2. The Morgan fingerprint density at radius 3 is 2.64 bits per heavy atom. The van der Waals surface area contributed by atoms with E-state index in [1.807, 2.05) is 0 Å². The number of carbonyl (C=O) groups is 1. The number of aromatic nitrogens is 3. The Morgan fingerprint density at radius 1 is 1.28 bits per heavy atom. The van der Waals surface area contributed by atoms with E-state index in [0.29, 0.717) is 16.2 Å². The summed E-state index contributed by atoms with van der Waals surface area (Å²) in [5, 5.41) is 29.3. The van der Waals surface area contributed by atoms with Crippen LogP contribution in [0.3, 0.4) is 0 Å². The van der Waals surface area contributed by atoms with Crippen molar-refractivity contribution < 1.29 is 38.1 Å². The van der Waals surface area contributed by atoms with Crippen molar-refractivity contribution in [3.8, 4) is 5.75 Å². The summed E-state index contributed by atoms with van der Waals surface area (Å²) in [6.45, 7) is 5.73. The van der Waals surface area contributed by atoms with Crippen LogP contribution in [0.25, 0.3) is 5.52 Å². The summed E-state index contributed by atoms with van der Waals surface area (Å²) in [6.07, 6.45) is -2.79. The highest BCUT2D eigenvalue weighted by atomic mass is 35.5. The van der Waals surface area contributed by atoms with Gasteiger partial charge in [0.25, 0.3) is 0 Å². The maximum Gasteiger partial charge on any atom is 0.459 e. The Bertz CT molecular complexity index is 1370. The third-order valence-electron chi connectivity index (χ3n) is 6.08. The van der Waals surface area contributed by atoms with Gasteiger partial charge < -0.3 is 29.9 Å². The number of ether oxygens (including phenoxy) is 2. The minimum absolute atomic E-state index is 0.148. The second-order valence-corrected chi connectivity index (χ2v) is 11.7. The minimum atomic E-state index is -4.27. The molecule has 0 aliphatic carbocycles. The second-order valence-electron chi connectivity index (χ2n) is 9.60. The van der Waals surface area contributed by atoms with Crippen LogP contribution in [-0.4, -0.2) is 67.3 Å². The molecular formula is C24H31ClN5O8P. The summed E-state index contributed by atoms with van der Waals surface area (Å²) in [4.78, 5) is 16.3. The Morgan fingerprint density at radius 2 is 1.97 bits per heavy atom. The predicted octanol–water partition coefficient (Wildman–Crippen LogP) is 2.65. The van der Waals surface area contributed by atoms with E-state index in [9.17, 15) is 19.6 Å². The van der Waals surface area contributed by atoms with Gasteiger partial charge in [0.2, 0.25) is 0 Å². The van der Waals surface area contributed by atoms with Crippen molar-refractivity contribution in [1.82, 2.24) is 19.7 Å². The fourth-order valence-corrected chi connectivity index (χ4v) is 5.74. The van der Waals surface area contributed by atoms with E-state index in [0.717, 1.165) is 0 Å². The number of nitrogen functional groups attached to an aromatic ring is 1. The lowest BCUT2D eigenvalue weighted by atomic mass is 9.91. The summed E-state index contributed by atoms with van der Waals surface area (Å²) in [7, 11) is -4.27. The van der Waals surface area contributed by atoms with Crippen molar-refractivity contribution in [1.29, 1.82) is 0 Å². The number of nitrogens with zero attached hydrogens (tertiary/aromatic N) is 3. The van der Waals surface area contributed by atoms with Crippen LogP contribution in [0.5, 0.6) is 5.75 Å². The van der Waals surface area contributed by atoms with Crippen molar-refractivity contribution in [2.24, 2.45) is 0 Å². The van der Waals surface area contributed by atoms with Crippen LogP contribution >= 0.6 is 19.3 Å². The van der Waals surface area contributed by atoms with Crippen LogP contribution in [-0.2, 0) is 23.4 Å². The van der Waals surface area contributed by atoms with Gasteiger partial charge >= 0.3 is 13.7 Å². The number of rotatable bonds is 10. The number of aliphatic hydroxyl groups excluding tert-OH is 1. The van der Waals surface area contributed by atoms with E-state index in [1.165, 1.54) is 49.0 Å². The third kappa shape index (κ3) is 6.36. The molecule has 1 fully saturated rings. The summed E-state index contributed by atoms with van der Waals surface area (Å²) in [5.41, 5.74) is 5.03. The van der Waals surface area contributed by atoms with Crippen molar-refractivity contribution in [3.63, 3.8) is 0 Å². The van der Waals surface area contributed by atoms with Crippen LogP contribution in [0.2, 0.25) is 5.02 Å². The van der Waals surface area contributed by atoms with E-state index >= 15 is 0 Å². The van der Waals surface area contributed by atoms with Gasteiger partial charge in [-0.2, -0.15) is 10.2 Å². The molecule has 2 aromatic heterocycles. The topological polar surface area (TPSA) is 180 Å². The molecule has 0 spiro atoms. The fraction of sp³-hybridized carbons (Fsp3) is 0.458. The number of esters is 1. The van der Waals surface area contributed by atoms with Crippen molar-refractivity contribution >= 4 is 36.7 Å². The lowest BCUT2D eigenvalue weighted by Crippen LogP contribution is -2.43. The number of nitrogens with two attached hydrogens (primary N) is 1. The van der Waals surface area contributed by atoms with E-state index in [4.69, 9.17) is 35.9 Å². The molecule has 5 N–H and O–H groups in total. The maximum absolute atomic E-state index is 13.8. The summed E-state index contributed by atoms with van der Waals surface area (Å²) < 4.78 is 37.7. The summed E-state index contributed by atoms with van der Waals surface area (Å²) >= 11 is 5.93. The molecule has 3 aromatic rings. The van der Waals surface area contributed by atoms with Crippen LogP contribution < -0.4 is 15.3 Å². The van der Waals surface area contributed by atoms with Crippen molar-refractivity contribution in [2.45, 2.75) is 63.8 Å². The molecule has 6 atom stereocenters. The van der Waals surface area contributed by atoms with E-state index in [-0.39, 0.29) is 11.6 Å². The van der Waals surface area contributed by atoms with Crippen LogP contribution in [0.1, 0.15) is 39.5 Å². The van der Waals surface area contributed by atoms with E-state index < -0.39 is 56.4 Å². The zero-order chi connectivity index (χ0) is 28.5. The molecule has 0 saturated carbocycles. The first kappa shape index (κ1) is 29.2. The molecule has 15 heteroatoms. The maximum atomic E-state index is 13.8. The normalized spacial score (nSPS) is 25.5. The van der Waals surface area contributed by atoms with Crippen molar-refractivity contribution in [2.75, 3.05) is 12.3 Å². The summed E-state index contributed by atoms with van der Waals surface area (Å²) in [5.74, 6) is -0.296. The van der Waals surface area contributed by atoms with Gasteiger partial charge in [-0.05, 0) is 64.1 Å². The number of hydrogen-bond donors (Lipinski definition) is 4. The standard InChI is InChI=1S/C24H31ClN5O8P/c1-13(2)36-23(32)14(3)29-39(34,38-16-7-5-15(25)6-8-16)35-11-19-20(31)24(4,33)21(37-19)17-9-10-18-22(26)27-12-28-30(17)18/h5-10,12-14,19-21,31,33H,11H2,1-4H3,(H,29,34)(H2,26,27,28)/t14-,19+,20+,21-,24+,39?/m0/s1. The number of benzene rings is 1. The second kappa shape index (κ2) is 11.4. The van der Waals surface area contributed by atoms with Gasteiger partial charge in [-0.25, -0.2) is 14.1 Å². The predicted molar refractivity (Wildman–Crippen MR) is 141 cm³/mol. The van der Waals surface area contributed by atoms with E-state index in [1.54, 1.807) is 26.0 Å². The molecule has 13 nitrogen and oxygen atoms in total. The summed E-state index contributed by atoms with van der Waals surface area (Å²) in [6, 6.07) is 8.24. The van der Waals surface area contributed by atoms with Crippen LogP contribution in [0, 0.1) is 0 Å². The zero-order valence-corrected chi connectivity index (χ0v) is 23.4. The molecule has 3 heterocycles. The third-order valence-corrected chi connectivity index (χ3v) is 7.97. The molecule has 0 radical (unpaired) electrons. The van der Waals surface area contributed by atoms with Gasteiger partial charge in [0.1, 0.15) is 47.5 Å². The molecule has 1 aromatic carbocycles. The smallest absolute Gasteiger partial charge is 0.459 e. The number of halogens is 1. The number of carbonyl (C=O) groups excluding carboxylic acids is 1. The number of fused-ring (bicyclic) bond motifs is 1. The molecule has 0 amide bonds.